The third-order valence-electron chi connectivity index (χ3n) is 4.17. The van der Waals surface area contributed by atoms with E-state index in [9.17, 15) is 0 Å². The number of pyridine rings is 1. The van der Waals surface area contributed by atoms with Gasteiger partial charge in [0, 0.05) is 19.9 Å². The summed E-state index contributed by atoms with van der Waals surface area (Å²) in [5.74, 6) is 1.06. The molecule has 2 aromatic heterocycles. The lowest BCUT2D eigenvalue weighted by molar-refractivity contribution is -0.0527. The second-order valence-electron chi connectivity index (χ2n) is 5.44. The largest absolute Gasteiger partial charge is 0.370 e. The van der Waals surface area contributed by atoms with Gasteiger partial charge in [0.25, 0.3) is 5.89 Å². The maximum atomic E-state index is 5.73. The molecule has 0 radical (unpaired) electrons. The van der Waals surface area contributed by atoms with E-state index < -0.39 is 5.60 Å². The Morgan fingerprint density at radius 3 is 2.71 bits per heavy atom. The van der Waals surface area contributed by atoms with Crippen molar-refractivity contribution in [2.24, 2.45) is 5.73 Å². The lowest BCUT2D eigenvalue weighted by Crippen LogP contribution is -2.32. The summed E-state index contributed by atoms with van der Waals surface area (Å²) < 4.78 is 11.1. The van der Waals surface area contributed by atoms with Gasteiger partial charge in [-0.15, -0.1) is 0 Å². The van der Waals surface area contributed by atoms with Gasteiger partial charge >= 0.3 is 0 Å². The predicted molar refractivity (Wildman–Crippen MR) is 77.2 cm³/mol. The Balaban J connectivity index is 1.87. The topological polar surface area (TPSA) is 87.1 Å². The molecule has 1 saturated carbocycles. The van der Waals surface area contributed by atoms with Crippen LogP contribution in [0, 0.1) is 0 Å². The van der Waals surface area contributed by atoms with Gasteiger partial charge in [0.15, 0.2) is 0 Å². The summed E-state index contributed by atoms with van der Waals surface area (Å²) >= 11 is 0. The highest BCUT2D eigenvalue weighted by Gasteiger charge is 2.38. The molecular formula is C15H20N4O2. The van der Waals surface area contributed by atoms with Crippen molar-refractivity contribution in [1.82, 2.24) is 15.1 Å². The van der Waals surface area contributed by atoms with Crippen molar-refractivity contribution in [1.29, 1.82) is 0 Å². The lowest BCUT2D eigenvalue weighted by atomic mass is 9.84. The first kappa shape index (κ1) is 14.2. The molecule has 1 aliphatic carbocycles. The summed E-state index contributed by atoms with van der Waals surface area (Å²) in [5, 5.41) is 4.13. The molecule has 2 N–H and O–H groups in total. The molecule has 0 amide bonds. The molecule has 0 atom stereocenters. The molecule has 0 bridgehead atoms. The fourth-order valence-corrected chi connectivity index (χ4v) is 2.83. The molecule has 2 heterocycles. The number of aromatic nitrogens is 3. The predicted octanol–water partition coefficient (Wildman–Crippen LogP) is 2.40. The van der Waals surface area contributed by atoms with Gasteiger partial charge in [0.1, 0.15) is 11.3 Å². The summed E-state index contributed by atoms with van der Waals surface area (Å²) in [6.07, 6.45) is 7.08. The molecule has 112 valence electrons. The van der Waals surface area contributed by atoms with Crippen LogP contribution in [0.5, 0.6) is 0 Å². The van der Waals surface area contributed by atoms with Gasteiger partial charge in [-0.2, -0.15) is 4.98 Å². The molecule has 21 heavy (non-hydrogen) atoms. The second-order valence-corrected chi connectivity index (χ2v) is 5.44. The fraction of sp³-hybridized carbons (Fsp3) is 0.533. The van der Waals surface area contributed by atoms with Crippen LogP contribution in [0.3, 0.4) is 0 Å². The molecule has 3 rings (SSSR count). The molecule has 2 aromatic rings. The molecule has 0 unspecified atom stereocenters. The summed E-state index contributed by atoms with van der Waals surface area (Å²) in [7, 11) is 1.72. The number of hydrogen-bond acceptors (Lipinski definition) is 6. The van der Waals surface area contributed by atoms with E-state index in [2.05, 4.69) is 15.1 Å². The van der Waals surface area contributed by atoms with Crippen molar-refractivity contribution in [3.63, 3.8) is 0 Å². The molecule has 0 spiro atoms. The molecule has 1 fully saturated rings. The van der Waals surface area contributed by atoms with Crippen LogP contribution in [0.25, 0.3) is 11.6 Å². The summed E-state index contributed by atoms with van der Waals surface area (Å²) in [6, 6.07) is 3.76. The van der Waals surface area contributed by atoms with Crippen LogP contribution in [0.1, 0.15) is 43.5 Å². The van der Waals surface area contributed by atoms with Crippen molar-refractivity contribution in [2.75, 3.05) is 7.11 Å². The maximum Gasteiger partial charge on any atom is 0.276 e. The summed E-state index contributed by atoms with van der Waals surface area (Å²) in [5.41, 5.74) is 6.79. The van der Waals surface area contributed by atoms with Crippen LogP contribution >= 0.6 is 0 Å². The average Bonchev–Trinajstić information content (AvgIpc) is 3.06. The minimum absolute atomic E-state index is 0.406. The van der Waals surface area contributed by atoms with Crippen LogP contribution in [0.4, 0.5) is 0 Å². The van der Waals surface area contributed by atoms with E-state index in [-0.39, 0.29) is 0 Å². The van der Waals surface area contributed by atoms with E-state index in [1.54, 1.807) is 13.3 Å². The fourth-order valence-electron chi connectivity index (χ4n) is 2.83. The Morgan fingerprint density at radius 1 is 1.29 bits per heavy atom. The van der Waals surface area contributed by atoms with Crippen LogP contribution < -0.4 is 5.73 Å². The van der Waals surface area contributed by atoms with Crippen molar-refractivity contribution in [2.45, 2.75) is 44.2 Å². The maximum absolute atomic E-state index is 5.73. The Labute approximate surface area is 123 Å². The van der Waals surface area contributed by atoms with Crippen LogP contribution in [0.2, 0.25) is 0 Å². The zero-order valence-electron chi connectivity index (χ0n) is 12.2. The molecule has 0 saturated heterocycles. The average molecular weight is 288 g/mol. The van der Waals surface area contributed by atoms with E-state index in [1.807, 2.05) is 12.1 Å². The zero-order valence-corrected chi connectivity index (χ0v) is 12.2. The minimum atomic E-state index is -0.406. The van der Waals surface area contributed by atoms with Crippen molar-refractivity contribution in [3.05, 3.63) is 29.7 Å². The van der Waals surface area contributed by atoms with Crippen LogP contribution in [-0.2, 0) is 16.9 Å². The Hall–Kier alpha value is -1.79. The van der Waals surface area contributed by atoms with E-state index in [0.29, 0.717) is 24.0 Å². The lowest BCUT2D eigenvalue weighted by Gasteiger charge is -2.32. The molecule has 0 aliphatic heterocycles. The van der Waals surface area contributed by atoms with Crippen molar-refractivity contribution < 1.29 is 9.26 Å². The monoisotopic (exact) mass is 288 g/mol. The standard InChI is InChI=1S/C15H20N4O2/c1-20-15(7-3-2-4-8-15)14-18-13(21-19-14)12-6-5-11(9-16)10-17-12/h5-6,10H,2-4,7-9,16H2,1H3. The van der Waals surface area contributed by atoms with Gasteiger partial charge in [-0.25, -0.2) is 0 Å². The van der Waals surface area contributed by atoms with E-state index in [1.165, 1.54) is 6.42 Å². The first-order chi connectivity index (χ1) is 10.3. The highest BCUT2D eigenvalue weighted by Crippen LogP contribution is 2.39. The van der Waals surface area contributed by atoms with Gasteiger partial charge in [-0.3, -0.25) is 4.98 Å². The van der Waals surface area contributed by atoms with E-state index in [4.69, 9.17) is 15.0 Å². The Morgan fingerprint density at radius 2 is 2.10 bits per heavy atom. The Kier molecular flexibility index (Phi) is 3.98. The minimum Gasteiger partial charge on any atom is -0.370 e. The highest BCUT2D eigenvalue weighted by molar-refractivity contribution is 5.46. The molecule has 6 nitrogen and oxygen atoms in total. The van der Waals surface area contributed by atoms with Gasteiger partial charge in [-0.05, 0) is 24.5 Å². The van der Waals surface area contributed by atoms with E-state index >= 15 is 0 Å². The quantitative estimate of drug-likeness (QED) is 0.929. The third kappa shape index (κ3) is 2.69. The second kappa shape index (κ2) is 5.91. The van der Waals surface area contributed by atoms with Crippen molar-refractivity contribution >= 4 is 0 Å². The smallest absolute Gasteiger partial charge is 0.276 e. The number of nitrogens with two attached hydrogens (primary N) is 1. The SMILES string of the molecule is COC1(c2noc(-c3ccc(CN)cn3)n2)CCCCC1. The van der Waals surface area contributed by atoms with Gasteiger partial charge in [0.05, 0.1) is 0 Å². The van der Waals surface area contributed by atoms with Gasteiger partial charge in [-0.1, -0.05) is 30.5 Å². The number of rotatable bonds is 4. The first-order valence-electron chi connectivity index (χ1n) is 7.32. The van der Waals surface area contributed by atoms with Crippen molar-refractivity contribution in [3.8, 4) is 11.6 Å². The summed E-state index contributed by atoms with van der Waals surface area (Å²) in [6.45, 7) is 0.467. The molecule has 1 aliphatic rings. The Bertz CT molecular complexity index is 588. The van der Waals surface area contributed by atoms with Gasteiger partial charge in [0.2, 0.25) is 5.82 Å². The van der Waals surface area contributed by atoms with Crippen LogP contribution in [-0.4, -0.2) is 22.2 Å². The molecular weight excluding hydrogens is 268 g/mol. The number of hydrogen-bond donors (Lipinski definition) is 1. The summed E-state index contributed by atoms with van der Waals surface area (Å²) in [4.78, 5) is 8.82. The molecule has 6 heteroatoms. The third-order valence-corrected chi connectivity index (χ3v) is 4.17. The van der Waals surface area contributed by atoms with Gasteiger partial charge < -0.3 is 15.0 Å². The zero-order chi connectivity index (χ0) is 14.7. The highest BCUT2D eigenvalue weighted by atomic mass is 16.5. The first-order valence-corrected chi connectivity index (χ1v) is 7.32. The molecule has 0 aromatic carbocycles. The number of methoxy groups -OCH3 is 1. The number of nitrogens with zero attached hydrogens (tertiary/aromatic N) is 3. The number of ether oxygens (including phenoxy) is 1. The van der Waals surface area contributed by atoms with Crippen LogP contribution in [0.15, 0.2) is 22.9 Å². The normalized spacial score (nSPS) is 17.8. The van der Waals surface area contributed by atoms with E-state index in [0.717, 1.165) is 31.2 Å².